The summed E-state index contributed by atoms with van der Waals surface area (Å²) in [5.74, 6) is 0. The van der Waals surface area contributed by atoms with Crippen LogP contribution in [0.2, 0.25) is 0 Å². The number of hydrogen-bond donors (Lipinski definition) is 0. The fraction of sp³-hybridized carbons (Fsp3) is 0.125. The van der Waals surface area contributed by atoms with Gasteiger partial charge in [-0.1, -0.05) is 22.0 Å². The van der Waals surface area contributed by atoms with Gasteiger partial charge in [0.2, 0.25) is 0 Å². The summed E-state index contributed by atoms with van der Waals surface area (Å²) in [5.41, 5.74) is -0.121. The molecule has 0 aliphatic carbocycles. The van der Waals surface area contributed by atoms with Gasteiger partial charge in [-0.2, -0.15) is 13.2 Å². The number of rotatable bonds is 0. The van der Waals surface area contributed by atoms with E-state index in [0.717, 1.165) is 6.07 Å². The first-order valence-corrected chi connectivity index (χ1v) is 3.89. The second-order valence-corrected chi connectivity index (χ2v) is 3.17. The van der Waals surface area contributed by atoms with E-state index >= 15 is 0 Å². The normalized spacial score (nSPS) is 11.8. The first kappa shape index (κ1) is 9.58. The Kier molecular flexibility index (Phi) is 2.46. The Labute approximate surface area is 76.5 Å². The summed E-state index contributed by atoms with van der Waals surface area (Å²) in [6.45, 7) is 3.51. The highest BCUT2D eigenvalue weighted by Crippen LogP contribution is 2.34. The van der Waals surface area contributed by atoms with Gasteiger partial charge in [-0.3, -0.25) is 0 Å². The second-order valence-electron chi connectivity index (χ2n) is 2.31. The maximum atomic E-state index is 12.1. The third-order valence-corrected chi connectivity index (χ3v) is 1.99. The lowest BCUT2D eigenvalue weighted by Gasteiger charge is -2.08. The molecule has 0 saturated heterocycles. The Morgan fingerprint density at radius 2 is 1.83 bits per heavy atom. The smallest absolute Gasteiger partial charge is 0.166 e. The van der Waals surface area contributed by atoms with Gasteiger partial charge >= 0.3 is 6.18 Å². The van der Waals surface area contributed by atoms with Gasteiger partial charge in [-0.05, 0) is 24.6 Å². The fourth-order valence-electron chi connectivity index (χ4n) is 0.789. The van der Waals surface area contributed by atoms with Crippen LogP contribution in [0.15, 0.2) is 22.7 Å². The Hall–Kier alpha value is -0.510. The van der Waals surface area contributed by atoms with Gasteiger partial charge in [0.25, 0.3) is 0 Å². The SMILES string of the molecule is [CH2]c1ccc(C(F)(F)F)c(Br)c1. The zero-order valence-electron chi connectivity index (χ0n) is 5.95. The predicted octanol–water partition coefficient (Wildman–Crippen LogP) is 3.65. The lowest BCUT2D eigenvalue weighted by atomic mass is 10.1. The van der Waals surface area contributed by atoms with E-state index in [1.807, 2.05) is 0 Å². The van der Waals surface area contributed by atoms with E-state index in [4.69, 9.17) is 0 Å². The van der Waals surface area contributed by atoms with E-state index in [9.17, 15) is 13.2 Å². The zero-order chi connectivity index (χ0) is 9.35. The minimum atomic E-state index is -4.30. The minimum absolute atomic E-state index is 0.0301. The summed E-state index contributed by atoms with van der Waals surface area (Å²) in [5, 5.41) is 0. The first-order valence-electron chi connectivity index (χ1n) is 3.10. The molecule has 0 aliphatic rings. The van der Waals surface area contributed by atoms with Crippen molar-refractivity contribution in [1.29, 1.82) is 0 Å². The lowest BCUT2D eigenvalue weighted by molar-refractivity contribution is -0.138. The maximum absolute atomic E-state index is 12.1. The Morgan fingerprint density at radius 3 is 2.25 bits per heavy atom. The van der Waals surface area contributed by atoms with Crippen molar-refractivity contribution < 1.29 is 13.2 Å². The van der Waals surface area contributed by atoms with E-state index in [1.54, 1.807) is 0 Å². The van der Waals surface area contributed by atoms with Crippen LogP contribution >= 0.6 is 15.9 Å². The van der Waals surface area contributed by atoms with Crippen LogP contribution in [0.5, 0.6) is 0 Å². The van der Waals surface area contributed by atoms with Gasteiger partial charge in [-0.25, -0.2) is 0 Å². The third kappa shape index (κ3) is 2.00. The minimum Gasteiger partial charge on any atom is -0.166 e. The van der Waals surface area contributed by atoms with Crippen LogP contribution in [-0.2, 0) is 6.18 Å². The lowest BCUT2D eigenvalue weighted by Crippen LogP contribution is -2.05. The van der Waals surface area contributed by atoms with Crippen molar-refractivity contribution in [3.8, 4) is 0 Å². The molecule has 65 valence electrons. The summed E-state index contributed by atoms with van der Waals surface area (Å²) < 4.78 is 36.4. The molecule has 12 heavy (non-hydrogen) atoms. The molecule has 0 unspecified atom stereocenters. The molecule has 4 heteroatoms. The number of benzene rings is 1. The number of hydrogen-bond acceptors (Lipinski definition) is 0. The summed E-state index contributed by atoms with van der Waals surface area (Å²) in [6.07, 6.45) is -4.30. The molecule has 0 aliphatic heterocycles. The van der Waals surface area contributed by atoms with Crippen molar-refractivity contribution in [2.75, 3.05) is 0 Å². The summed E-state index contributed by atoms with van der Waals surface area (Å²) >= 11 is 2.82. The molecule has 0 N–H and O–H groups in total. The molecule has 0 aromatic heterocycles. The monoisotopic (exact) mass is 237 g/mol. The second kappa shape index (κ2) is 3.09. The van der Waals surface area contributed by atoms with Crippen LogP contribution in [-0.4, -0.2) is 0 Å². The molecule has 1 aromatic rings. The summed E-state index contributed by atoms with van der Waals surface area (Å²) in [4.78, 5) is 0. The van der Waals surface area contributed by atoms with Crippen LogP contribution < -0.4 is 0 Å². The Morgan fingerprint density at radius 1 is 1.25 bits per heavy atom. The molecule has 0 amide bonds. The fourth-order valence-corrected chi connectivity index (χ4v) is 1.44. The van der Waals surface area contributed by atoms with Crippen LogP contribution in [0.1, 0.15) is 11.1 Å². The van der Waals surface area contributed by atoms with E-state index in [2.05, 4.69) is 22.9 Å². The number of alkyl halides is 3. The molecule has 0 heterocycles. The molecule has 1 radical (unpaired) electrons. The van der Waals surface area contributed by atoms with Crippen molar-refractivity contribution in [1.82, 2.24) is 0 Å². The van der Waals surface area contributed by atoms with Crippen molar-refractivity contribution in [2.24, 2.45) is 0 Å². The van der Waals surface area contributed by atoms with Gasteiger partial charge in [0.15, 0.2) is 0 Å². The van der Waals surface area contributed by atoms with Gasteiger partial charge in [0, 0.05) is 4.47 Å². The molecule has 1 aromatic carbocycles. The Bertz CT molecular complexity index is 291. The first-order chi connectivity index (χ1) is 5.41. The molecule has 0 atom stereocenters. The van der Waals surface area contributed by atoms with Gasteiger partial charge in [0.1, 0.15) is 0 Å². The van der Waals surface area contributed by atoms with Crippen LogP contribution in [0, 0.1) is 6.92 Å². The van der Waals surface area contributed by atoms with Crippen molar-refractivity contribution in [3.05, 3.63) is 40.7 Å². The standard InChI is InChI=1S/C8H5BrF3/c1-5-2-3-6(7(9)4-5)8(10,11)12/h2-4H,1H2. The molecule has 0 saturated carbocycles. The van der Waals surface area contributed by atoms with Crippen LogP contribution in [0.3, 0.4) is 0 Å². The molecule has 1 rings (SSSR count). The highest BCUT2D eigenvalue weighted by Gasteiger charge is 2.32. The van der Waals surface area contributed by atoms with Crippen molar-refractivity contribution in [2.45, 2.75) is 6.18 Å². The average molecular weight is 238 g/mol. The van der Waals surface area contributed by atoms with Crippen LogP contribution in [0.25, 0.3) is 0 Å². The van der Waals surface area contributed by atoms with Crippen LogP contribution in [0.4, 0.5) is 13.2 Å². The van der Waals surface area contributed by atoms with E-state index in [1.165, 1.54) is 12.1 Å². The van der Waals surface area contributed by atoms with Gasteiger partial charge in [0.05, 0.1) is 5.56 Å². The third-order valence-electron chi connectivity index (χ3n) is 1.34. The molecular weight excluding hydrogens is 233 g/mol. The average Bonchev–Trinajstić information content (AvgIpc) is 1.83. The van der Waals surface area contributed by atoms with Gasteiger partial charge < -0.3 is 0 Å². The quantitative estimate of drug-likeness (QED) is 0.647. The molecule has 0 spiro atoms. The predicted molar refractivity (Wildman–Crippen MR) is 43.6 cm³/mol. The van der Waals surface area contributed by atoms with E-state index in [0.29, 0.717) is 5.56 Å². The highest BCUT2D eigenvalue weighted by atomic mass is 79.9. The topological polar surface area (TPSA) is 0 Å². The zero-order valence-corrected chi connectivity index (χ0v) is 7.54. The highest BCUT2D eigenvalue weighted by molar-refractivity contribution is 9.10. The Balaban J connectivity index is 3.19. The van der Waals surface area contributed by atoms with Crippen molar-refractivity contribution >= 4 is 15.9 Å². The number of halogens is 4. The molecule has 0 fully saturated rings. The molecular formula is C8H5BrF3. The van der Waals surface area contributed by atoms with E-state index < -0.39 is 11.7 Å². The maximum Gasteiger partial charge on any atom is 0.417 e. The van der Waals surface area contributed by atoms with E-state index in [-0.39, 0.29) is 4.47 Å². The molecule has 0 nitrogen and oxygen atoms in total. The van der Waals surface area contributed by atoms with Gasteiger partial charge in [-0.15, -0.1) is 0 Å². The largest absolute Gasteiger partial charge is 0.417 e. The van der Waals surface area contributed by atoms with Crippen molar-refractivity contribution in [3.63, 3.8) is 0 Å². The molecule has 0 bridgehead atoms. The summed E-state index contributed by atoms with van der Waals surface area (Å²) in [6, 6.07) is 3.67. The summed E-state index contributed by atoms with van der Waals surface area (Å²) in [7, 11) is 0.